The molecule has 40 heavy (non-hydrogen) atoms. The molecule has 0 spiro atoms. The standard InChI is InChI=1S/C30H38N6O4/c1-5-31-30(38)36(22(2)23-10-7-6-8-11-23)21-29(37)35-17-9-16-34(18-19-35)28-15-14-26(32-33-28)25-13-12-24(39-3)20-27(25)40-4/h6-8,10-15,20,22H,5,9,16-19,21H2,1-4H3,(H,31,38)/t22-/m1/s1. The summed E-state index contributed by atoms with van der Waals surface area (Å²) >= 11 is 0. The van der Waals surface area contributed by atoms with Crippen molar-refractivity contribution in [3.8, 4) is 22.8 Å². The van der Waals surface area contributed by atoms with Crippen molar-refractivity contribution in [1.82, 2.24) is 25.3 Å². The highest BCUT2D eigenvalue weighted by Crippen LogP contribution is 2.32. The molecule has 212 valence electrons. The zero-order valence-corrected chi connectivity index (χ0v) is 23.7. The van der Waals surface area contributed by atoms with Gasteiger partial charge in [-0.15, -0.1) is 10.2 Å². The Kier molecular flexibility index (Phi) is 9.77. The minimum atomic E-state index is -0.243. The van der Waals surface area contributed by atoms with Crippen LogP contribution in [-0.2, 0) is 4.79 Å². The Labute approximate surface area is 235 Å². The van der Waals surface area contributed by atoms with Gasteiger partial charge in [0.15, 0.2) is 5.82 Å². The second-order valence-corrected chi connectivity index (χ2v) is 9.61. The number of rotatable bonds is 9. The number of benzene rings is 2. The number of carbonyl (C=O) groups excluding carboxylic acids is 2. The van der Waals surface area contributed by atoms with Crippen LogP contribution in [0.4, 0.5) is 10.6 Å². The summed E-state index contributed by atoms with van der Waals surface area (Å²) in [6, 6.07) is 18.7. The van der Waals surface area contributed by atoms with Crippen molar-refractivity contribution >= 4 is 17.8 Å². The van der Waals surface area contributed by atoms with Gasteiger partial charge in [0.1, 0.15) is 18.0 Å². The molecule has 0 unspecified atom stereocenters. The van der Waals surface area contributed by atoms with Crippen LogP contribution in [0.25, 0.3) is 11.3 Å². The third-order valence-electron chi connectivity index (χ3n) is 7.15. The largest absolute Gasteiger partial charge is 0.497 e. The molecule has 1 aliphatic heterocycles. The Bertz CT molecular complexity index is 1270. The van der Waals surface area contributed by atoms with E-state index in [1.54, 1.807) is 19.1 Å². The predicted molar refractivity (Wildman–Crippen MR) is 155 cm³/mol. The lowest BCUT2D eigenvalue weighted by atomic mass is 10.1. The van der Waals surface area contributed by atoms with E-state index in [4.69, 9.17) is 9.47 Å². The third kappa shape index (κ3) is 6.80. The molecule has 0 bridgehead atoms. The maximum Gasteiger partial charge on any atom is 0.318 e. The number of carbonyl (C=O) groups is 2. The van der Waals surface area contributed by atoms with Crippen molar-refractivity contribution in [2.24, 2.45) is 0 Å². The Morgan fingerprint density at radius 2 is 1.77 bits per heavy atom. The average molecular weight is 547 g/mol. The molecule has 10 nitrogen and oxygen atoms in total. The summed E-state index contributed by atoms with van der Waals surface area (Å²) in [5, 5.41) is 11.8. The summed E-state index contributed by atoms with van der Waals surface area (Å²) in [4.78, 5) is 31.9. The topological polar surface area (TPSA) is 100 Å². The van der Waals surface area contributed by atoms with E-state index < -0.39 is 0 Å². The number of urea groups is 1. The van der Waals surface area contributed by atoms with Gasteiger partial charge < -0.3 is 29.5 Å². The molecule has 4 rings (SSSR count). The molecule has 3 aromatic rings. The summed E-state index contributed by atoms with van der Waals surface area (Å²) in [7, 11) is 3.23. The van der Waals surface area contributed by atoms with Crippen LogP contribution in [0.15, 0.2) is 60.7 Å². The molecule has 1 aromatic heterocycles. The maximum absolute atomic E-state index is 13.4. The van der Waals surface area contributed by atoms with Crippen molar-refractivity contribution in [2.45, 2.75) is 26.3 Å². The Morgan fingerprint density at radius 3 is 2.45 bits per heavy atom. The van der Waals surface area contributed by atoms with Crippen LogP contribution in [-0.4, -0.2) is 85.4 Å². The van der Waals surface area contributed by atoms with E-state index in [0.717, 1.165) is 29.9 Å². The minimum absolute atomic E-state index is 0.0140. The highest BCUT2D eigenvalue weighted by Gasteiger charge is 2.27. The lowest BCUT2D eigenvalue weighted by molar-refractivity contribution is -0.132. The number of ether oxygens (including phenoxy) is 2. The summed E-state index contributed by atoms with van der Waals surface area (Å²) in [5.41, 5.74) is 2.52. The smallest absolute Gasteiger partial charge is 0.318 e. The normalized spacial score (nSPS) is 14.2. The lowest BCUT2D eigenvalue weighted by Crippen LogP contribution is -2.48. The fourth-order valence-electron chi connectivity index (χ4n) is 4.84. The minimum Gasteiger partial charge on any atom is -0.497 e. The van der Waals surface area contributed by atoms with Gasteiger partial charge in [-0.1, -0.05) is 30.3 Å². The monoisotopic (exact) mass is 546 g/mol. The van der Waals surface area contributed by atoms with Gasteiger partial charge in [0.05, 0.1) is 26.0 Å². The van der Waals surface area contributed by atoms with E-state index in [-0.39, 0.29) is 24.5 Å². The summed E-state index contributed by atoms with van der Waals surface area (Å²) in [5.74, 6) is 2.06. The van der Waals surface area contributed by atoms with Gasteiger partial charge in [-0.05, 0) is 50.1 Å². The Morgan fingerprint density at radius 1 is 0.975 bits per heavy atom. The van der Waals surface area contributed by atoms with Crippen LogP contribution < -0.4 is 19.7 Å². The lowest BCUT2D eigenvalue weighted by Gasteiger charge is -2.31. The number of anilines is 1. The highest BCUT2D eigenvalue weighted by molar-refractivity contribution is 5.84. The molecule has 1 fully saturated rings. The number of amides is 3. The van der Waals surface area contributed by atoms with Crippen molar-refractivity contribution < 1.29 is 19.1 Å². The van der Waals surface area contributed by atoms with Crippen LogP contribution >= 0.6 is 0 Å². The van der Waals surface area contributed by atoms with Crippen molar-refractivity contribution in [3.05, 3.63) is 66.2 Å². The molecule has 1 saturated heterocycles. The molecule has 2 aromatic carbocycles. The van der Waals surface area contributed by atoms with Gasteiger partial charge in [0.2, 0.25) is 5.91 Å². The van der Waals surface area contributed by atoms with Gasteiger partial charge in [-0.2, -0.15) is 0 Å². The van der Waals surface area contributed by atoms with Crippen LogP contribution in [0, 0.1) is 0 Å². The molecule has 1 aliphatic rings. The van der Waals surface area contributed by atoms with E-state index in [1.165, 1.54) is 0 Å². The zero-order chi connectivity index (χ0) is 28.5. The predicted octanol–water partition coefficient (Wildman–Crippen LogP) is 3.99. The second-order valence-electron chi connectivity index (χ2n) is 9.61. The number of nitrogens with zero attached hydrogens (tertiary/aromatic N) is 5. The van der Waals surface area contributed by atoms with E-state index in [1.807, 2.05) is 79.4 Å². The number of methoxy groups -OCH3 is 2. The molecule has 0 aliphatic carbocycles. The van der Waals surface area contributed by atoms with Gasteiger partial charge in [-0.25, -0.2) is 4.79 Å². The third-order valence-corrected chi connectivity index (χ3v) is 7.15. The first-order valence-corrected chi connectivity index (χ1v) is 13.6. The quantitative estimate of drug-likeness (QED) is 0.433. The summed E-state index contributed by atoms with van der Waals surface area (Å²) in [6.07, 6.45) is 0.789. The van der Waals surface area contributed by atoms with E-state index in [2.05, 4.69) is 20.4 Å². The van der Waals surface area contributed by atoms with E-state index >= 15 is 0 Å². The van der Waals surface area contributed by atoms with Gasteiger partial charge in [0, 0.05) is 44.4 Å². The molecule has 3 amide bonds. The fraction of sp³-hybridized carbons (Fsp3) is 0.400. The maximum atomic E-state index is 13.4. The first-order valence-electron chi connectivity index (χ1n) is 13.6. The zero-order valence-electron chi connectivity index (χ0n) is 23.7. The molecule has 0 saturated carbocycles. The molecule has 2 heterocycles. The number of hydrogen-bond donors (Lipinski definition) is 1. The van der Waals surface area contributed by atoms with Crippen LogP contribution in [0.2, 0.25) is 0 Å². The van der Waals surface area contributed by atoms with Crippen molar-refractivity contribution in [2.75, 3.05) is 58.4 Å². The summed E-state index contributed by atoms with van der Waals surface area (Å²) < 4.78 is 10.8. The van der Waals surface area contributed by atoms with Crippen LogP contribution in [0.5, 0.6) is 11.5 Å². The van der Waals surface area contributed by atoms with Gasteiger partial charge >= 0.3 is 6.03 Å². The first-order chi connectivity index (χ1) is 19.4. The number of nitrogens with one attached hydrogen (secondary N) is 1. The fourth-order valence-corrected chi connectivity index (χ4v) is 4.84. The van der Waals surface area contributed by atoms with Gasteiger partial charge in [-0.3, -0.25) is 4.79 Å². The number of hydrogen-bond acceptors (Lipinski definition) is 7. The molecular formula is C30H38N6O4. The molecule has 1 atom stereocenters. The summed E-state index contributed by atoms with van der Waals surface area (Å²) in [6.45, 7) is 6.87. The van der Waals surface area contributed by atoms with Crippen molar-refractivity contribution in [1.29, 1.82) is 0 Å². The van der Waals surface area contributed by atoms with Gasteiger partial charge in [0.25, 0.3) is 0 Å². The van der Waals surface area contributed by atoms with E-state index in [0.29, 0.717) is 43.4 Å². The van der Waals surface area contributed by atoms with Crippen molar-refractivity contribution in [3.63, 3.8) is 0 Å². The first kappa shape index (κ1) is 28.7. The van der Waals surface area contributed by atoms with E-state index in [9.17, 15) is 9.59 Å². The molecular weight excluding hydrogens is 508 g/mol. The SMILES string of the molecule is CCNC(=O)N(CC(=O)N1CCCN(c2ccc(-c3ccc(OC)cc3OC)nn2)CC1)[C@H](C)c1ccccc1. The molecule has 1 N–H and O–H groups in total. The molecule has 0 radical (unpaired) electrons. The van der Waals surface area contributed by atoms with Crippen LogP contribution in [0.3, 0.4) is 0 Å². The Balaban J connectivity index is 1.41. The second kappa shape index (κ2) is 13.6. The average Bonchev–Trinajstić information content (AvgIpc) is 3.26. The Hall–Kier alpha value is -4.34. The van der Waals surface area contributed by atoms with Crippen LogP contribution in [0.1, 0.15) is 31.9 Å². The molecule has 10 heteroatoms. The number of aromatic nitrogens is 2. The highest BCUT2D eigenvalue weighted by atomic mass is 16.5.